The molecular weight excluding hydrogens is 338 g/mol. The molecule has 1 aromatic carbocycles. The number of nitrogens with one attached hydrogen (secondary N) is 2. The van der Waals surface area contributed by atoms with E-state index in [9.17, 15) is 4.79 Å². The van der Waals surface area contributed by atoms with Crippen molar-refractivity contribution in [3.63, 3.8) is 0 Å². The molecule has 7 nitrogen and oxygen atoms in total. The molecule has 4 rings (SSSR count). The van der Waals surface area contributed by atoms with Crippen molar-refractivity contribution in [3.05, 3.63) is 45.3 Å². The Kier molecular flexibility index (Phi) is 3.97. The summed E-state index contributed by atoms with van der Waals surface area (Å²) < 4.78 is 0.432. The molecule has 0 atom stereocenters. The van der Waals surface area contributed by atoms with Crippen molar-refractivity contribution in [2.75, 3.05) is 18.0 Å². The largest absolute Gasteiger partial charge is 0.412 e. The van der Waals surface area contributed by atoms with Crippen molar-refractivity contribution in [3.8, 4) is 0 Å². The van der Waals surface area contributed by atoms with E-state index in [2.05, 4.69) is 15.0 Å². The number of carbonyl (C=O) groups is 1. The highest BCUT2D eigenvalue weighted by Crippen LogP contribution is 2.29. The van der Waals surface area contributed by atoms with Gasteiger partial charge >= 0.3 is 0 Å². The van der Waals surface area contributed by atoms with Gasteiger partial charge in [0.25, 0.3) is 5.91 Å². The van der Waals surface area contributed by atoms with Crippen molar-refractivity contribution in [1.29, 1.82) is 0 Å². The van der Waals surface area contributed by atoms with Crippen LogP contribution in [0.5, 0.6) is 0 Å². The van der Waals surface area contributed by atoms with Gasteiger partial charge in [-0.25, -0.2) is 0 Å². The maximum absolute atomic E-state index is 12.5. The molecule has 120 valence electrons. The Morgan fingerprint density at radius 1 is 1.26 bits per heavy atom. The summed E-state index contributed by atoms with van der Waals surface area (Å²) in [4.78, 5) is 26.6. The summed E-state index contributed by atoms with van der Waals surface area (Å²) in [5, 5.41) is 0.694. The van der Waals surface area contributed by atoms with E-state index in [0.29, 0.717) is 46.9 Å². The third kappa shape index (κ3) is 2.54. The number of benzene rings is 1. The van der Waals surface area contributed by atoms with Crippen molar-refractivity contribution in [1.82, 2.24) is 14.9 Å². The lowest BCUT2D eigenvalue weighted by Crippen LogP contribution is -2.49. The molecule has 0 radical (unpaired) electrons. The van der Waals surface area contributed by atoms with Gasteiger partial charge in [0.15, 0.2) is 4.77 Å². The number of amides is 1. The Bertz CT molecular complexity index is 842. The minimum Gasteiger partial charge on any atom is -0.412 e. The molecule has 2 aliphatic rings. The van der Waals surface area contributed by atoms with Gasteiger partial charge < -0.3 is 15.4 Å². The zero-order valence-electron chi connectivity index (χ0n) is 12.0. The predicted octanol–water partition coefficient (Wildman–Crippen LogP) is 1.73. The monoisotopic (exact) mass is 351 g/mol. The van der Waals surface area contributed by atoms with Crippen LogP contribution in [0, 0.1) is 4.77 Å². The van der Waals surface area contributed by atoms with Gasteiger partial charge in [-0.1, -0.05) is 23.7 Å². The molecular formula is C14H14ClN5O2S. The number of aromatic amines is 2. The zero-order chi connectivity index (χ0) is 15.3. The minimum absolute atomic E-state index is 0. The van der Waals surface area contributed by atoms with E-state index < -0.39 is 0 Å². The van der Waals surface area contributed by atoms with Crippen LogP contribution >= 0.6 is 23.8 Å². The van der Waals surface area contributed by atoms with E-state index in [-0.39, 0.29) is 11.4 Å². The fourth-order valence-electron chi connectivity index (χ4n) is 2.75. The first-order chi connectivity index (χ1) is 10.6. The Hall–Kier alpha value is -2.16. The van der Waals surface area contributed by atoms with Crippen LogP contribution in [0.4, 0.5) is 5.82 Å². The number of hydrogen-bond acceptors (Lipinski definition) is 4. The first-order valence-electron chi connectivity index (χ1n) is 6.84. The third-order valence-corrected chi connectivity index (χ3v) is 4.21. The highest BCUT2D eigenvalue weighted by atomic mass is 35.5. The van der Waals surface area contributed by atoms with Gasteiger partial charge in [-0.05, 0) is 29.9 Å². The molecule has 1 aromatic heterocycles. The Balaban J connectivity index is 0.00000156. The first-order valence-corrected chi connectivity index (χ1v) is 7.63. The number of nitrogens with zero attached hydrogens (tertiary/aromatic N) is 3. The second-order valence-electron chi connectivity index (χ2n) is 5.15. The number of aliphatic imine (C=N–C) groups is 1. The molecule has 0 saturated heterocycles. The summed E-state index contributed by atoms with van der Waals surface area (Å²) in [5.41, 5.74) is 1.56. The molecule has 4 N–H and O–H groups in total. The van der Waals surface area contributed by atoms with E-state index in [1.54, 1.807) is 4.90 Å². The SMILES string of the molecule is O.O=C1c2[nH]c(=S)[nH]c2N(Cc2ccc(Cl)cc2)C2=NCCN12. The molecule has 2 aliphatic heterocycles. The van der Waals surface area contributed by atoms with Crippen LogP contribution in [-0.4, -0.2) is 45.3 Å². The molecule has 23 heavy (non-hydrogen) atoms. The molecule has 1 amide bonds. The Morgan fingerprint density at radius 3 is 2.74 bits per heavy atom. The molecule has 0 bridgehead atoms. The number of aromatic nitrogens is 2. The molecule has 0 fully saturated rings. The fourth-order valence-corrected chi connectivity index (χ4v) is 3.07. The summed E-state index contributed by atoms with van der Waals surface area (Å²) >= 11 is 11.1. The highest BCUT2D eigenvalue weighted by molar-refractivity contribution is 7.71. The van der Waals surface area contributed by atoms with Crippen LogP contribution in [0.3, 0.4) is 0 Å². The number of hydrogen-bond donors (Lipinski definition) is 2. The number of halogens is 1. The van der Waals surface area contributed by atoms with Crippen molar-refractivity contribution < 1.29 is 10.3 Å². The number of carbonyl (C=O) groups excluding carboxylic acids is 1. The quantitative estimate of drug-likeness (QED) is 0.806. The Morgan fingerprint density at radius 2 is 2.00 bits per heavy atom. The topological polar surface area (TPSA) is 99.0 Å². The molecule has 0 aliphatic carbocycles. The average molecular weight is 352 g/mol. The van der Waals surface area contributed by atoms with Crippen LogP contribution in [0.15, 0.2) is 29.3 Å². The van der Waals surface area contributed by atoms with Gasteiger partial charge in [0.2, 0.25) is 5.96 Å². The molecule has 3 heterocycles. The molecule has 9 heteroatoms. The number of anilines is 1. The van der Waals surface area contributed by atoms with Crippen LogP contribution < -0.4 is 4.90 Å². The minimum atomic E-state index is -0.0917. The normalized spacial score (nSPS) is 15.9. The van der Waals surface area contributed by atoms with Crippen molar-refractivity contribution in [2.24, 2.45) is 4.99 Å². The number of fused-ring (bicyclic) bond motifs is 2. The standard InChI is InChI=1S/C14H12ClN5OS.H2O/c15-9-3-1-8(2-4-9)7-20-11-10(17-13(22)18-11)12(21)19-6-5-16-14(19)20;/h1-4H,5-7H2,(H2,17,18,22);1H2. The lowest BCUT2D eigenvalue weighted by molar-refractivity contribution is 0.0846. The summed E-state index contributed by atoms with van der Waals surface area (Å²) in [6.07, 6.45) is 0. The van der Waals surface area contributed by atoms with Crippen molar-refractivity contribution in [2.45, 2.75) is 6.54 Å². The van der Waals surface area contributed by atoms with E-state index >= 15 is 0 Å². The van der Waals surface area contributed by atoms with Crippen molar-refractivity contribution >= 4 is 41.5 Å². The second kappa shape index (κ2) is 5.80. The lowest BCUT2D eigenvalue weighted by atomic mass is 10.2. The van der Waals surface area contributed by atoms with Gasteiger partial charge in [0.05, 0.1) is 13.1 Å². The lowest BCUT2D eigenvalue weighted by Gasteiger charge is -2.33. The van der Waals surface area contributed by atoms with E-state index in [1.807, 2.05) is 29.2 Å². The molecule has 2 aromatic rings. The molecule has 0 spiro atoms. The highest BCUT2D eigenvalue weighted by Gasteiger charge is 2.38. The molecule has 0 unspecified atom stereocenters. The summed E-state index contributed by atoms with van der Waals surface area (Å²) in [6, 6.07) is 7.61. The van der Waals surface area contributed by atoms with Crippen LogP contribution in [0.2, 0.25) is 5.02 Å². The first kappa shape index (κ1) is 15.7. The number of imidazole rings is 1. The van der Waals surface area contributed by atoms with Gasteiger partial charge in [-0.2, -0.15) is 0 Å². The summed E-state index contributed by atoms with van der Waals surface area (Å²) in [6.45, 7) is 1.79. The zero-order valence-corrected chi connectivity index (χ0v) is 13.5. The Labute approximate surface area is 141 Å². The van der Waals surface area contributed by atoms with Crippen LogP contribution in [0.25, 0.3) is 0 Å². The van der Waals surface area contributed by atoms with Crippen LogP contribution in [-0.2, 0) is 6.54 Å². The summed E-state index contributed by atoms with van der Waals surface area (Å²) in [5.74, 6) is 1.24. The third-order valence-electron chi connectivity index (χ3n) is 3.75. The molecule has 0 saturated carbocycles. The fraction of sp³-hybridized carbons (Fsp3) is 0.214. The maximum Gasteiger partial charge on any atom is 0.280 e. The second-order valence-corrected chi connectivity index (χ2v) is 6.00. The van der Waals surface area contributed by atoms with E-state index in [1.165, 1.54) is 0 Å². The maximum atomic E-state index is 12.5. The van der Waals surface area contributed by atoms with Gasteiger partial charge in [-0.3, -0.25) is 19.6 Å². The number of H-pyrrole nitrogens is 2. The van der Waals surface area contributed by atoms with Crippen LogP contribution in [0.1, 0.15) is 16.1 Å². The smallest absolute Gasteiger partial charge is 0.280 e. The van der Waals surface area contributed by atoms with E-state index in [0.717, 1.165) is 5.56 Å². The number of rotatable bonds is 2. The van der Waals surface area contributed by atoms with Gasteiger partial charge in [-0.15, -0.1) is 0 Å². The predicted molar refractivity (Wildman–Crippen MR) is 90.6 cm³/mol. The summed E-state index contributed by atoms with van der Waals surface area (Å²) in [7, 11) is 0. The average Bonchev–Trinajstić information content (AvgIpc) is 3.12. The van der Waals surface area contributed by atoms with Gasteiger partial charge in [0.1, 0.15) is 11.5 Å². The number of guanidine groups is 1. The van der Waals surface area contributed by atoms with E-state index in [4.69, 9.17) is 23.8 Å². The van der Waals surface area contributed by atoms with Gasteiger partial charge in [0, 0.05) is 11.6 Å².